The highest BCUT2D eigenvalue weighted by atomic mass is 31.2. The van der Waals surface area contributed by atoms with Gasteiger partial charge >= 0.3 is 17.2 Å². The zero-order valence-corrected chi connectivity index (χ0v) is 14.2. The molecular weight excluding hydrogens is 350 g/mol. The van der Waals surface area contributed by atoms with Crippen LogP contribution >= 0.6 is 17.2 Å². The van der Waals surface area contributed by atoms with Crippen molar-refractivity contribution in [2.45, 2.75) is 13.0 Å². The summed E-state index contributed by atoms with van der Waals surface area (Å²) in [5, 5.41) is 37.6. The molecule has 0 radical (unpaired) electrons. The van der Waals surface area contributed by atoms with Crippen LogP contribution in [0.4, 0.5) is 0 Å². The lowest BCUT2D eigenvalue weighted by atomic mass is 9.81. The van der Waals surface area contributed by atoms with Gasteiger partial charge < -0.3 is 40.0 Å². The quantitative estimate of drug-likeness (QED) is 0.292. The van der Waals surface area contributed by atoms with Gasteiger partial charge in [0.25, 0.3) is 0 Å². The highest BCUT2D eigenvalue weighted by Gasteiger charge is 2.37. The lowest BCUT2D eigenvalue weighted by molar-refractivity contribution is -0.0852. The van der Waals surface area contributed by atoms with Gasteiger partial charge in [0.15, 0.2) is 0 Å². The summed E-state index contributed by atoms with van der Waals surface area (Å²) in [6, 6.07) is 7.09. The number of aryl methyl sites for hydroxylation is 1. The van der Waals surface area contributed by atoms with E-state index < -0.39 is 48.5 Å². The molecule has 0 saturated carbocycles. The number of hydrogen-bond acceptors (Lipinski definition) is 9. The number of benzene rings is 1. The zero-order chi connectivity index (χ0) is 18.0. The average molecular weight is 372 g/mol. The summed E-state index contributed by atoms with van der Waals surface area (Å²) in [7, 11) is -5.22. The van der Waals surface area contributed by atoms with Crippen LogP contribution in [0.1, 0.15) is 17.2 Å². The third-order valence-corrected chi connectivity index (χ3v) is 4.23. The number of aliphatic hydroxyl groups is 4. The molecule has 0 aliphatic rings. The van der Waals surface area contributed by atoms with E-state index in [4.69, 9.17) is 19.6 Å². The maximum Gasteiger partial charge on any atom is 0.334 e. The summed E-state index contributed by atoms with van der Waals surface area (Å²) in [5.74, 6) is 0. The van der Waals surface area contributed by atoms with Crippen molar-refractivity contribution in [1.29, 1.82) is 0 Å². The predicted molar refractivity (Wildman–Crippen MR) is 83.6 cm³/mol. The molecule has 1 atom stereocenters. The van der Waals surface area contributed by atoms with E-state index >= 15 is 0 Å². The Hall–Kier alpha value is -0.280. The third kappa shape index (κ3) is 7.89. The molecule has 8 N–H and O–H groups in total. The minimum Gasteiger partial charge on any atom is -0.395 e. The molecule has 1 aromatic rings. The Morgan fingerprint density at radius 1 is 0.913 bits per heavy atom. The summed E-state index contributed by atoms with van der Waals surface area (Å²) in [4.78, 5) is 31.3. The van der Waals surface area contributed by atoms with Gasteiger partial charge in [0.1, 0.15) is 0 Å². The molecule has 11 heteroatoms. The second kappa shape index (κ2) is 11.3. The lowest BCUT2D eigenvalue weighted by Crippen LogP contribution is -2.40. The summed E-state index contributed by atoms with van der Waals surface area (Å²) in [6.07, 6.45) is -1.09. The van der Waals surface area contributed by atoms with Gasteiger partial charge in [-0.25, -0.2) is 4.31 Å². The smallest absolute Gasteiger partial charge is 0.334 e. The van der Waals surface area contributed by atoms with E-state index in [1.54, 1.807) is 12.1 Å². The maximum absolute atomic E-state index is 10.0. The van der Waals surface area contributed by atoms with Crippen molar-refractivity contribution in [3.05, 3.63) is 35.4 Å². The first-order valence-electron chi connectivity index (χ1n) is 6.33. The molecule has 9 nitrogen and oxygen atoms in total. The van der Waals surface area contributed by atoms with Crippen molar-refractivity contribution in [1.82, 2.24) is 0 Å². The van der Waals surface area contributed by atoms with E-state index in [2.05, 4.69) is 4.31 Å². The fraction of sp³-hybridized carbons (Fsp3) is 0.500. The van der Waals surface area contributed by atoms with Crippen LogP contribution in [0.25, 0.3) is 0 Å². The Kier molecular flexibility index (Phi) is 11.2. The second-order valence-electron chi connectivity index (χ2n) is 4.74. The Bertz CT molecular complexity index is 409. The Morgan fingerprint density at radius 3 is 1.57 bits per heavy atom. The van der Waals surface area contributed by atoms with Gasteiger partial charge in [0, 0.05) is 0 Å². The van der Waals surface area contributed by atoms with Crippen molar-refractivity contribution >= 4 is 17.2 Å². The summed E-state index contributed by atoms with van der Waals surface area (Å²) >= 11 is 0. The summed E-state index contributed by atoms with van der Waals surface area (Å²) in [6.45, 7) is 0.493. The van der Waals surface area contributed by atoms with E-state index in [0.29, 0.717) is 5.56 Å². The van der Waals surface area contributed by atoms with Crippen LogP contribution in [0.3, 0.4) is 0 Å². The minimum absolute atomic E-state index is 0.477. The largest absolute Gasteiger partial charge is 0.395 e. The first-order valence-corrected chi connectivity index (χ1v) is 8.66. The van der Waals surface area contributed by atoms with Crippen molar-refractivity contribution in [3.63, 3.8) is 0 Å². The molecule has 0 spiro atoms. The molecular formula is C12H22O9P2. The van der Waals surface area contributed by atoms with E-state index in [-0.39, 0.29) is 0 Å². The van der Waals surface area contributed by atoms with Gasteiger partial charge in [0.05, 0.1) is 31.3 Å². The van der Waals surface area contributed by atoms with E-state index in [1.807, 2.05) is 19.1 Å². The molecule has 1 aromatic carbocycles. The molecule has 0 saturated heterocycles. The lowest BCUT2D eigenvalue weighted by Gasteiger charge is -2.33. The normalized spacial score (nSPS) is 13.0. The van der Waals surface area contributed by atoms with Crippen molar-refractivity contribution < 1.29 is 44.3 Å². The molecule has 134 valence electrons. The Morgan fingerprint density at radius 2 is 1.30 bits per heavy atom. The van der Waals surface area contributed by atoms with Crippen LogP contribution in [0, 0.1) is 12.3 Å². The monoisotopic (exact) mass is 372 g/mol. The molecule has 0 aromatic heterocycles. The molecule has 0 aliphatic heterocycles. The van der Waals surface area contributed by atoms with Crippen LogP contribution in [0.15, 0.2) is 24.3 Å². The van der Waals surface area contributed by atoms with Crippen LogP contribution in [-0.4, -0.2) is 59.8 Å². The highest BCUT2D eigenvalue weighted by Crippen LogP contribution is 2.41. The molecule has 0 aliphatic carbocycles. The summed E-state index contributed by atoms with van der Waals surface area (Å²) < 4.78 is 3.60. The topological polar surface area (TPSA) is 171 Å². The second-order valence-corrected chi connectivity index (χ2v) is 6.40. The van der Waals surface area contributed by atoms with Crippen molar-refractivity contribution in [3.8, 4) is 0 Å². The predicted octanol–water partition coefficient (Wildman–Crippen LogP) is -0.582. The molecule has 0 amide bonds. The van der Waals surface area contributed by atoms with Crippen molar-refractivity contribution in [2.75, 3.05) is 19.8 Å². The fourth-order valence-corrected chi connectivity index (χ4v) is 2.10. The van der Waals surface area contributed by atoms with Gasteiger partial charge in [-0.3, -0.25) is 0 Å². The molecule has 1 rings (SSSR count). The SMILES string of the molecule is Cc1ccc(C(O)C(CO)(CO)CO)cc1.OP(O)OP(O)O. The fourth-order valence-electron chi connectivity index (χ4n) is 1.58. The highest BCUT2D eigenvalue weighted by molar-refractivity contribution is 7.53. The Labute approximate surface area is 136 Å². The zero-order valence-electron chi connectivity index (χ0n) is 12.4. The first-order chi connectivity index (χ1) is 10.7. The average Bonchev–Trinajstić information content (AvgIpc) is 2.49. The van der Waals surface area contributed by atoms with Crippen LogP contribution in [0.2, 0.25) is 0 Å². The van der Waals surface area contributed by atoms with E-state index in [0.717, 1.165) is 5.56 Å². The molecule has 1 unspecified atom stereocenters. The molecule has 23 heavy (non-hydrogen) atoms. The summed E-state index contributed by atoms with van der Waals surface area (Å²) in [5.41, 5.74) is 0.330. The minimum atomic E-state index is -2.61. The van der Waals surface area contributed by atoms with Gasteiger partial charge in [-0.1, -0.05) is 29.8 Å². The van der Waals surface area contributed by atoms with E-state index in [1.165, 1.54) is 0 Å². The first kappa shape index (κ1) is 22.7. The third-order valence-electron chi connectivity index (χ3n) is 3.06. The number of aliphatic hydroxyl groups excluding tert-OH is 4. The molecule has 0 bridgehead atoms. The molecule has 0 heterocycles. The number of rotatable bonds is 7. The molecule has 0 fully saturated rings. The van der Waals surface area contributed by atoms with Crippen molar-refractivity contribution in [2.24, 2.45) is 5.41 Å². The van der Waals surface area contributed by atoms with Gasteiger partial charge in [-0.05, 0) is 12.5 Å². The van der Waals surface area contributed by atoms with Gasteiger partial charge in [-0.2, -0.15) is 0 Å². The van der Waals surface area contributed by atoms with E-state index in [9.17, 15) is 20.4 Å². The van der Waals surface area contributed by atoms with Crippen LogP contribution < -0.4 is 0 Å². The Balaban J connectivity index is 0.000000585. The number of hydrogen-bond donors (Lipinski definition) is 8. The van der Waals surface area contributed by atoms with Crippen LogP contribution in [0.5, 0.6) is 0 Å². The maximum atomic E-state index is 10.0. The standard InChI is InChI=1S/C12H18O4.H4O5P2/c1-9-2-4-10(5-3-9)11(16)12(6-13,7-14)8-15;1-6(2)5-7(3)4/h2-5,11,13-16H,6-8H2,1H3;1-4H. The van der Waals surface area contributed by atoms with Gasteiger partial charge in [0.2, 0.25) is 0 Å². The van der Waals surface area contributed by atoms with Crippen LogP contribution in [-0.2, 0) is 4.31 Å². The van der Waals surface area contributed by atoms with Gasteiger partial charge in [-0.15, -0.1) is 0 Å².